The van der Waals surface area contributed by atoms with E-state index in [0.717, 1.165) is 5.39 Å². The van der Waals surface area contributed by atoms with Gasteiger partial charge in [0.05, 0.1) is 4.90 Å². The van der Waals surface area contributed by atoms with Crippen LogP contribution in [0.15, 0.2) is 41.3 Å². The van der Waals surface area contributed by atoms with E-state index in [1.54, 1.807) is 24.3 Å². The Morgan fingerprint density at radius 2 is 1.67 bits per heavy atom. The Kier molecular flexibility index (Phi) is 2.44. The Balaban J connectivity index is 2.99. The van der Waals surface area contributed by atoms with Crippen LogP contribution in [-0.2, 0) is 9.84 Å². The first-order valence-corrected chi connectivity index (χ1v) is 6.64. The number of hydrogen-bond donors (Lipinski definition) is 0. The van der Waals surface area contributed by atoms with Crippen molar-refractivity contribution in [1.82, 2.24) is 0 Å². The second-order valence-electron chi connectivity index (χ2n) is 3.37. The number of hydrogen-bond acceptors (Lipinski definition) is 2. The van der Waals surface area contributed by atoms with Crippen LogP contribution < -0.4 is 0 Å². The maximum atomic E-state index is 11.5. The smallest absolute Gasteiger partial charge is 0.176 e. The van der Waals surface area contributed by atoms with Gasteiger partial charge in [-0.15, -0.1) is 0 Å². The molecule has 0 aliphatic rings. The Bertz CT molecular complexity index is 612. The summed E-state index contributed by atoms with van der Waals surface area (Å²) in [5, 5.41) is 1.91. The van der Waals surface area contributed by atoms with Gasteiger partial charge in [0, 0.05) is 16.7 Å². The summed E-state index contributed by atoms with van der Waals surface area (Å²) in [6.07, 6.45) is 1.19. The van der Waals surface area contributed by atoms with E-state index in [1.165, 1.54) is 6.26 Å². The molecule has 0 radical (unpaired) electrons. The largest absolute Gasteiger partial charge is 0.224 e. The minimum atomic E-state index is -3.24. The summed E-state index contributed by atoms with van der Waals surface area (Å²) in [5.74, 6) is 0. The Labute approximate surface area is 93.4 Å². The molecule has 0 unspecified atom stereocenters. The number of benzene rings is 2. The Morgan fingerprint density at radius 3 is 2.27 bits per heavy atom. The fraction of sp³-hybridized carbons (Fsp3) is 0.0909. The Hall–Kier alpha value is -1.06. The molecule has 0 fully saturated rings. The van der Waals surface area contributed by atoms with Crippen LogP contribution in [0.4, 0.5) is 0 Å². The molecule has 4 heteroatoms. The third kappa shape index (κ3) is 1.85. The third-order valence-corrected chi connectivity index (χ3v) is 3.67. The number of halogens is 1. The molecule has 15 heavy (non-hydrogen) atoms. The maximum absolute atomic E-state index is 11.5. The molecule has 0 heterocycles. The molecule has 0 saturated heterocycles. The highest BCUT2D eigenvalue weighted by Crippen LogP contribution is 2.29. The fourth-order valence-electron chi connectivity index (χ4n) is 1.57. The summed E-state index contributed by atoms with van der Waals surface area (Å²) in [7, 11) is -3.24. The second-order valence-corrected chi connectivity index (χ2v) is 5.76. The second kappa shape index (κ2) is 3.51. The van der Waals surface area contributed by atoms with Crippen LogP contribution in [0, 0.1) is 0 Å². The molecule has 2 rings (SSSR count). The van der Waals surface area contributed by atoms with Gasteiger partial charge >= 0.3 is 0 Å². The van der Waals surface area contributed by atoms with Gasteiger partial charge in [0.2, 0.25) is 0 Å². The minimum Gasteiger partial charge on any atom is -0.224 e. The van der Waals surface area contributed by atoms with Crippen molar-refractivity contribution in [1.29, 1.82) is 0 Å². The van der Waals surface area contributed by atoms with E-state index in [0.29, 0.717) is 10.4 Å². The lowest BCUT2D eigenvalue weighted by atomic mass is 10.1. The first kappa shape index (κ1) is 10.5. The molecule has 2 aromatic rings. The van der Waals surface area contributed by atoms with Crippen LogP contribution in [0.25, 0.3) is 10.8 Å². The summed E-state index contributed by atoms with van der Waals surface area (Å²) in [6, 6.07) is 10.5. The highest BCUT2D eigenvalue weighted by atomic mass is 35.5. The molecule has 0 bridgehead atoms. The fourth-order valence-corrected chi connectivity index (χ4v) is 2.84. The molecule has 78 valence electrons. The summed E-state index contributed by atoms with van der Waals surface area (Å²) in [4.78, 5) is 0.283. The van der Waals surface area contributed by atoms with Crippen LogP contribution in [0.2, 0.25) is 5.02 Å². The summed E-state index contributed by atoms with van der Waals surface area (Å²) in [6.45, 7) is 0. The van der Waals surface area contributed by atoms with E-state index in [-0.39, 0.29) is 4.90 Å². The molecule has 0 aliphatic carbocycles. The molecule has 2 aromatic carbocycles. The predicted molar refractivity (Wildman–Crippen MR) is 62.1 cm³/mol. The summed E-state index contributed by atoms with van der Waals surface area (Å²) in [5.41, 5.74) is 0. The zero-order valence-corrected chi connectivity index (χ0v) is 9.64. The van der Waals surface area contributed by atoms with Gasteiger partial charge in [0.25, 0.3) is 0 Å². The average molecular weight is 241 g/mol. The van der Waals surface area contributed by atoms with Gasteiger partial charge in [0.15, 0.2) is 9.84 Å². The summed E-state index contributed by atoms with van der Waals surface area (Å²) < 4.78 is 23.1. The lowest BCUT2D eigenvalue weighted by molar-refractivity contribution is 0.602. The van der Waals surface area contributed by atoms with E-state index in [9.17, 15) is 8.42 Å². The normalized spacial score (nSPS) is 11.9. The first-order valence-electron chi connectivity index (χ1n) is 4.37. The van der Waals surface area contributed by atoms with E-state index >= 15 is 0 Å². The number of rotatable bonds is 1. The molecular weight excluding hydrogens is 232 g/mol. The minimum absolute atomic E-state index is 0.283. The van der Waals surface area contributed by atoms with Crippen molar-refractivity contribution in [2.24, 2.45) is 0 Å². The van der Waals surface area contributed by atoms with E-state index in [2.05, 4.69) is 0 Å². The van der Waals surface area contributed by atoms with Gasteiger partial charge in [-0.3, -0.25) is 0 Å². The molecule has 0 amide bonds. The molecule has 0 aromatic heterocycles. The van der Waals surface area contributed by atoms with Gasteiger partial charge < -0.3 is 0 Å². The average Bonchev–Trinajstić information content (AvgIpc) is 2.16. The van der Waals surface area contributed by atoms with Gasteiger partial charge in [-0.05, 0) is 17.5 Å². The lowest BCUT2D eigenvalue weighted by Crippen LogP contribution is -1.98. The zero-order valence-electron chi connectivity index (χ0n) is 8.07. The van der Waals surface area contributed by atoms with E-state index < -0.39 is 9.84 Å². The van der Waals surface area contributed by atoms with Crippen molar-refractivity contribution < 1.29 is 8.42 Å². The van der Waals surface area contributed by atoms with Crippen molar-refractivity contribution in [2.45, 2.75) is 4.90 Å². The van der Waals surface area contributed by atoms with E-state index in [1.807, 2.05) is 12.1 Å². The zero-order chi connectivity index (χ0) is 11.1. The monoisotopic (exact) mass is 240 g/mol. The highest BCUT2D eigenvalue weighted by Gasteiger charge is 2.13. The van der Waals surface area contributed by atoms with Gasteiger partial charge in [0.1, 0.15) is 0 Å². The predicted octanol–water partition coefficient (Wildman–Crippen LogP) is 2.90. The van der Waals surface area contributed by atoms with Crippen molar-refractivity contribution in [3.8, 4) is 0 Å². The van der Waals surface area contributed by atoms with Crippen LogP contribution in [0.1, 0.15) is 0 Å². The van der Waals surface area contributed by atoms with Crippen LogP contribution in [-0.4, -0.2) is 14.7 Å². The highest BCUT2D eigenvalue weighted by molar-refractivity contribution is 7.91. The first-order chi connectivity index (χ1) is 7.00. The molecule has 2 nitrogen and oxygen atoms in total. The van der Waals surface area contributed by atoms with Crippen molar-refractivity contribution in [2.75, 3.05) is 6.26 Å². The van der Waals surface area contributed by atoms with Crippen molar-refractivity contribution in [3.63, 3.8) is 0 Å². The molecule has 0 aliphatic heterocycles. The van der Waals surface area contributed by atoms with Crippen LogP contribution in [0.5, 0.6) is 0 Å². The quantitative estimate of drug-likeness (QED) is 0.768. The van der Waals surface area contributed by atoms with E-state index in [4.69, 9.17) is 11.6 Å². The topological polar surface area (TPSA) is 34.1 Å². The Morgan fingerprint density at radius 1 is 1.07 bits per heavy atom. The number of fused-ring (bicyclic) bond motifs is 1. The maximum Gasteiger partial charge on any atom is 0.176 e. The molecular formula is C11H9ClO2S. The summed E-state index contributed by atoms with van der Waals surface area (Å²) >= 11 is 6.00. The molecule has 0 atom stereocenters. The van der Waals surface area contributed by atoms with Gasteiger partial charge in [-0.25, -0.2) is 8.42 Å². The molecule has 0 spiro atoms. The van der Waals surface area contributed by atoms with Crippen molar-refractivity contribution >= 4 is 32.2 Å². The standard InChI is InChI=1S/C11H9ClO2S/c1-15(13,14)10-7-3-5-8-4-2-6-9(12)11(8)10/h2-7H,1H3. The number of sulfone groups is 1. The molecule has 0 N–H and O–H groups in total. The van der Waals surface area contributed by atoms with Crippen molar-refractivity contribution in [3.05, 3.63) is 41.4 Å². The SMILES string of the molecule is CS(=O)(=O)c1cccc2cccc(Cl)c12. The van der Waals surface area contributed by atoms with Gasteiger partial charge in [-0.1, -0.05) is 35.9 Å². The third-order valence-electron chi connectivity index (χ3n) is 2.22. The van der Waals surface area contributed by atoms with Crippen LogP contribution in [0.3, 0.4) is 0 Å². The molecule has 0 saturated carbocycles. The van der Waals surface area contributed by atoms with Crippen LogP contribution >= 0.6 is 11.6 Å². The lowest BCUT2D eigenvalue weighted by Gasteiger charge is -2.05. The van der Waals surface area contributed by atoms with Gasteiger partial charge in [-0.2, -0.15) is 0 Å².